The molecule has 1 atom stereocenters. The lowest BCUT2D eigenvalue weighted by Crippen LogP contribution is -2.37. The largest absolute Gasteiger partial charge is 0.469 e. The molecule has 2 heterocycles. The SMILES string of the molecule is Cc1ccc(C2=NN(C(=O)Nc3ccc4c(c3)C(F)(F)C(F)(F)O4)CC2c2cccc(F)c2)cc1. The van der Waals surface area contributed by atoms with Crippen molar-refractivity contribution in [2.75, 3.05) is 11.9 Å². The molecule has 10 heteroatoms. The molecule has 1 N–H and O–H groups in total. The summed E-state index contributed by atoms with van der Waals surface area (Å²) in [6, 6.07) is 15.5. The molecular formula is C25H18F5N3O2. The third kappa shape index (κ3) is 3.98. The average molecular weight is 487 g/mol. The van der Waals surface area contributed by atoms with Crippen molar-refractivity contribution in [3.05, 3.63) is 94.8 Å². The van der Waals surface area contributed by atoms with Gasteiger partial charge in [0, 0.05) is 11.6 Å². The van der Waals surface area contributed by atoms with Crippen LogP contribution in [-0.2, 0) is 5.92 Å². The summed E-state index contributed by atoms with van der Waals surface area (Å²) in [6.45, 7) is 1.98. The van der Waals surface area contributed by atoms with Gasteiger partial charge in [-0.3, -0.25) is 0 Å². The van der Waals surface area contributed by atoms with Gasteiger partial charge in [-0.15, -0.1) is 0 Å². The van der Waals surface area contributed by atoms with E-state index in [0.717, 1.165) is 28.3 Å². The number of hydrogen-bond acceptors (Lipinski definition) is 3. The molecule has 2 aliphatic rings. The van der Waals surface area contributed by atoms with Crippen LogP contribution in [0, 0.1) is 12.7 Å². The van der Waals surface area contributed by atoms with Crippen LogP contribution in [0.1, 0.15) is 28.2 Å². The van der Waals surface area contributed by atoms with Gasteiger partial charge in [-0.05, 0) is 48.4 Å². The van der Waals surface area contributed by atoms with Gasteiger partial charge in [0.05, 0.1) is 17.8 Å². The number of anilines is 1. The Morgan fingerprint density at radius 1 is 1.06 bits per heavy atom. The van der Waals surface area contributed by atoms with E-state index in [9.17, 15) is 26.7 Å². The predicted octanol–water partition coefficient (Wildman–Crippen LogP) is 6.25. The molecule has 2 aliphatic heterocycles. The molecule has 0 aliphatic carbocycles. The van der Waals surface area contributed by atoms with Crippen LogP contribution in [0.3, 0.4) is 0 Å². The lowest BCUT2D eigenvalue weighted by molar-refractivity contribution is -0.296. The maximum Gasteiger partial charge on any atom is 0.469 e. The molecular weight excluding hydrogens is 469 g/mol. The van der Waals surface area contributed by atoms with Crippen molar-refractivity contribution in [3.8, 4) is 5.75 Å². The maximum absolute atomic E-state index is 14.0. The molecule has 0 bridgehead atoms. The van der Waals surface area contributed by atoms with E-state index in [1.165, 1.54) is 18.2 Å². The van der Waals surface area contributed by atoms with Crippen LogP contribution in [-0.4, -0.2) is 29.4 Å². The van der Waals surface area contributed by atoms with Crippen molar-refractivity contribution in [3.63, 3.8) is 0 Å². The monoisotopic (exact) mass is 487 g/mol. The summed E-state index contributed by atoms with van der Waals surface area (Å²) in [5.41, 5.74) is 1.73. The molecule has 0 spiro atoms. The topological polar surface area (TPSA) is 53.9 Å². The van der Waals surface area contributed by atoms with Gasteiger partial charge in [0.2, 0.25) is 0 Å². The zero-order valence-corrected chi connectivity index (χ0v) is 18.2. The molecule has 0 saturated carbocycles. The van der Waals surface area contributed by atoms with Crippen molar-refractivity contribution in [1.82, 2.24) is 5.01 Å². The summed E-state index contributed by atoms with van der Waals surface area (Å²) >= 11 is 0. The van der Waals surface area contributed by atoms with Gasteiger partial charge < -0.3 is 10.1 Å². The second kappa shape index (κ2) is 8.07. The Bertz CT molecular complexity index is 1340. The molecule has 2 amide bonds. The van der Waals surface area contributed by atoms with Crippen LogP contribution in [0.25, 0.3) is 0 Å². The van der Waals surface area contributed by atoms with E-state index in [0.29, 0.717) is 11.3 Å². The minimum Gasteiger partial charge on any atom is -0.427 e. The number of hydrazone groups is 1. The fraction of sp³-hybridized carbons (Fsp3) is 0.200. The molecule has 5 nitrogen and oxygen atoms in total. The van der Waals surface area contributed by atoms with Crippen LogP contribution < -0.4 is 10.1 Å². The Morgan fingerprint density at radius 2 is 1.80 bits per heavy atom. The quantitative estimate of drug-likeness (QED) is 0.445. The van der Waals surface area contributed by atoms with Crippen LogP contribution in [0.2, 0.25) is 0 Å². The molecule has 0 fully saturated rings. The van der Waals surface area contributed by atoms with E-state index >= 15 is 0 Å². The number of amides is 2. The third-order valence-electron chi connectivity index (χ3n) is 5.92. The number of rotatable bonds is 3. The van der Waals surface area contributed by atoms with Gasteiger partial charge in [-0.2, -0.15) is 22.7 Å². The smallest absolute Gasteiger partial charge is 0.427 e. The lowest BCUT2D eigenvalue weighted by atomic mass is 9.90. The Hall–Kier alpha value is -3.95. The summed E-state index contributed by atoms with van der Waals surface area (Å²) in [7, 11) is 0. The first kappa shape index (κ1) is 22.8. The highest BCUT2D eigenvalue weighted by Gasteiger charge is 2.66. The van der Waals surface area contributed by atoms with Gasteiger partial charge in [-0.1, -0.05) is 42.0 Å². The van der Waals surface area contributed by atoms with E-state index in [-0.39, 0.29) is 12.2 Å². The van der Waals surface area contributed by atoms with E-state index < -0.39 is 41.1 Å². The highest BCUT2D eigenvalue weighted by atomic mass is 19.3. The number of alkyl halides is 4. The summed E-state index contributed by atoms with van der Waals surface area (Å²) in [5, 5.41) is 7.93. The Balaban J connectivity index is 1.43. The average Bonchev–Trinajstić information content (AvgIpc) is 3.32. The van der Waals surface area contributed by atoms with Crippen LogP contribution in [0.4, 0.5) is 32.4 Å². The van der Waals surface area contributed by atoms with E-state index in [2.05, 4.69) is 15.2 Å². The molecule has 3 aromatic rings. The molecule has 3 aromatic carbocycles. The van der Waals surface area contributed by atoms with Crippen LogP contribution in [0.5, 0.6) is 5.75 Å². The van der Waals surface area contributed by atoms with Crippen LogP contribution in [0.15, 0.2) is 71.8 Å². The van der Waals surface area contributed by atoms with Gasteiger partial charge in [0.1, 0.15) is 11.6 Å². The van der Waals surface area contributed by atoms with E-state index in [4.69, 9.17) is 0 Å². The zero-order valence-electron chi connectivity index (χ0n) is 18.2. The summed E-state index contributed by atoms with van der Waals surface area (Å²) in [6.07, 6.45) is -4.68. The molecule has 5 rings (SSSR count). The Morgan fingerprint density at radius 3 is 2.51 bits per heavy atom. The summed E-state index contributed by atoms with van der Waals surface area (Å²) in [4.78, 5) is 12.9. The van der Waals surface area contributed by atoms with Gasteiger partial charge in [0.15, 0.2) is 0 Å². The van der Waals surface area contributed by atoms with Gasteiger partial charge >= 0.3 is 18.1 Å². The fourth-order valence-corrected chi connectivity index (χ4v) is 4.09. The highest BCUT2D eigenvalue weighted by molar-refractivity contribution is 6.07. The molecule has 35 heavy (non-hydrogen) atoms. The standard InChI is InChI=1S/C25H18F5N3O2/c1-14-5-7-15(8-6-14)22-19(16-3-2-4-17(26)11-16)13-33(32-22)23(34)31-18-9-10-21-20(12-18)24(27,28)25(29,30)35-21/h2-12,19H,13H2,1H3,(H,31,34). The fourth-order valence-electron chi connectivity index (χ4n) is 4.09. The van der Waals surface area contributed by atoms with E-state index in [1.54, 1.807) is 12.1 Å². The predicted molar refractivity (Wildman–Crippen MR) is 118 cm³/mol. The van der Waals surface area contributed by atoms with Crippen molar-refractivity contribution in [2.45, 2.75) is 24.9 Å². The second-order valence-electron chi connectivity index (χ2n) is 8.38. The lowest BCUT2D eigenvalue weighted by Gasteiger charge is -2.17. The molecule has 0 aromatic heterocycles. The highest BCUT2D eigenvalue weighted by Crippen LogP contribution is 2.53. The molecule has 1 unspecified atom stereocenters. The first-order valence-electron chi connectivity index (χ1n) is 10.6. The maximum atomic E-state index is 14.0. The molecule has 0 radical (unpaired) electrons. The van der Waals surface area contributed by atoms with Crippen molar-refractivity contribution >= 4 is 17.4 Å². The Kier molecular flexibility index (Phi) is 5.26. The van der Waals surface area contributed by atoms with Crippen molar-refractivity contribution in [1.29, 1.82) is 0 Å². The molecule has 180 valence electrons. The second-order valence-corrected chi connectivity index (χ2v) is 8.38. The van der Waals surface area contributed by atoms with Crippen molar-refractivity contribution in [2.24, 2.45) is 5.10 Å². The summed E-state index contributed by atoms with van der Waals surface area (Å²) < 4.78 is 73.0. The number of halogens is 5. The molecule has 0 saturated heterocycles. The third-order valence-corrected chi connectivity index (χ3v) is 5.92. The van der Waals surface area contributed by atoms with Crippen LogP contribution >= 0.6 is 0 Å². The number of carbonyl (C=O) groups is 1. The number of nitrogens with zero attached hydrogens (tertiary/aromatic N) is 2. The van der Waals surface area contributed by atoms with Gasteiger partial charge in [-0.25, -0.2) is 14.2 Å². The number of hydrogen-bond donors (Lipinski definition) is 1. The number of nitrogens with one attached hydrogen (secondary N) is 1. The number of aryl methyl sites for hydroxylation is 1. The zero-order chi connectivity index (χ0) is 25.0. The number of carbonyl (C=O) groups excluding carboxylic acids is 1. The minimum absolute atomic E-state index is 0.0563. The first-order valence-corrected chi connectivity index (χ1v) is 10.6. The van der Waals surface area contributed by atoms with Gasteiger partial charge in [0.25, 0.3) is 0 Å². The number of urea groups is 1. The Labute approximate surface area is 196 Å². The number of benzene rings is 3. The number of fused-ring (bicyclic) bond motifs is 1. The summed E-state index contributed by atoms with van der Waals surface area (Å²) in [5.74, 6) is -6.09. The van der Waals surface area contributed by atoms with E-state index in [1.807, 2.05) is 31.2 Å². The normalized spacial score (nSPS) is 19.7. The van der Waals surface area contributed by atoms with Crippen molar-refractivity contribution < 1.29 is 31.5 Å². The minimum atomic E-state index is -4.68. The number of ether oxygens (including phenoxy) is 1. The first-order chi connectivity index (χ1) is 16.5.